The van der Waals surface area contributed by atoms with E-state index in [9.17, 15) is 9.59 Å². The Balaban J connectivity index is 1.62. The van der Waals surface area contributed by atoms with Gasteiger partial charge in [0.25, 0.3) is 11.8 Å². The van der Waals surface area contributed by atoms with Crippen LogP contribution in [0.3, 0.4) is 0 Å². The van der Waals surface area contributed by atoms with Gasteiger partial charge in [-0.05, 0) is 42.9 Å². The molecule has 2 N–H and O–H groups in total. The number of nitrogens with zero attached hydrogens (tertiary/aromatic N) is 2. The van der Waals surface area contributed by atoms with Crippen LogP contribution in [0.1, 0.15) is 54.0 Å². The maximum absolute atomic E-state index is 13.9. The number of amides is 2. The van der Waals surface area contributed by atoms with Gasteiger partial charge in [-0.2, -0.15) is 0 Å². The third-order valence-electron chi connectivity index (χ3n) is 7.24. The Bertz CT molecular complexity index is 1340. The number of anilines is 1. The smallest absolute Gasteiger partial charge is 0.256 e. The number of nitrogens with one attached hydrogen (secondary N) is 2. The zero-order valence-electron chi connectivity index (χ0n) is 20.9. The topological polar surface area (TPSA) is 68.4 Å². The molecule has 3 aromatic rings. The van der Waals surface area contributed by atoms with E-state index in [2.05, 4.69) is 51.9 Å². The average Bonchev–Trinajstić information content (AvgIpc) is 3.41. The number of carbonyl (C=O) groups excluding carboxylic acids is 2. The van der Waals surface area contributed by atoms with Crippen molar-refractivity contribution in [3.63, 3.8) is 0 Å². The van der Waals surface area contributed by atoms with Crippen LogP contribution in [0.4, 0.5) is 5.69 Å². The summed E-state index contributed by atoms with van der Waals surface area (Å²) in [7, 11) is 0. The molecule has 5 rings (SSSR count). The van der Waals surface area contributed by atoms with Crippen molar-refractivity contribution < 1.29 is 9.59 Å². The first kappa shape index (κ1) is 24.5. The third-order valence-corrected chi connectivity index (χ3v) is 7.74. The molecule has 0 saturated heterocycles. The summed E-state index contributed by atoms with van der Waals surface area (Å²) in [4.78, 5) is 34.7. The number of aromatic nitrogens is 1. The van der Waals surface area contributed by atoms with Crippen molar-refractivity contribution in [3.8, 4) is 11.1 Å². The van der Waals surface area contributed by atoms with Crippen LogP contribution in [0.15, 0.2) is 53.0 Å². The van der Waals surface area contributed by atoms with Gasteiger partial charge in [0.1, 0.15) is 0 Å². The minimum atomic E-state index is -0.144. The molecule has 0 bridgehead atoms. The van der Waals surface area contributed by atoms with E-state index < -0.39 is 0 Å². The predicted molar refractivity (Wildman–Crippen MR) is 149 cm³/mol. The van der Waals surface area contributed by atoms with Crippen molar-refractivity contribution in [2.75, 3.05) is 38.0 Å². The summed E-state index contributed by atoms with van der Waals surface area (Å²) in [5, 5.41) is 2.96. The van der Waals surface area contributed by atoms with Crippen LogP contribution >= 0.6 is 15.9 Å². The summed E-state index contributed by atoms with van der Waals surface area (Å²) in [5.41, 5.74) is 6.49. The van der Waals surface area contributed by atoms with Crippen LogP contribution in [-0.4, -0.2) is 59.3 Å². The van der Waals surface area contributed by atoms with E-state index in [-0.39, 0.29) is 17.7 Å². The summed E-state index contributed by atoms with van der Waals surface area (Å²) < 4.78 is 0.908. The van der Waals surface area contributed by atoms with Crippen LogP contribution in [0.5, 0.6) is 0 Å². The third kappa shape index (κ3) is 4.42. The van der Waals surface area contributed by atoms with Crippen LogP contribution in [-0.2, 0) is 4.79 Å². The van der Waals surface area contributed by atoms with Gasteiger partial charge in [0.2, 0.25) is 0 Å². The average molecular weight is 547 g/mol. The summed E-state index contributed by atoms with van der Waals surface area (Å²) in [6, 6.07) is 15.7. The van der Waals surface area contributed by atoms with E-state index in [1.165, 1.54) is 0 Å². The van der Waals surface area contributed by atoms with Gasteiger partial charge in [-0.25, -0.2) is 0 Å². The zero-order chi connectivity index (χ0) is 25.4. The predicted octanol–water partition coefficient (Wildman–Crippen LogP) is 5.84. The van der Waals surface area contributed by atoms with Gasteiger partial charge < -0.3 is 20.1 Å². The molecule has 0 saturated carbocycles. The first-order valence-corrected chi connectivity index (χ1v) is 13.4. The van der Waals surface area contributed by atoms with Gasteiger partial charge >= 0.3 is 0 Å². The van der Waals surface area contributed by atoms with Crippen LogP contribution in [0, 0.1) is 0 Å². The number of likely N-dealkylation sites (N-methyl/N-ethyl adjacent to an activating group) is 1. The molecule has 1 unspecified atom stereocenters. The van der Waals surface area contributed by atoms with E-state index in [0.29, 0.717) is 18.7 Å². The van der Waals surface area contributed by atoms with Crippen molar-refractivity contribution >= 4 is 45.1 Å². The second kappa shape index (κ2) is 10.1. The number of fused-ring (bicyclic) bond motifs is 2. The molecule has 3 heterocycles. The van der Waals surface area contributed by atoms with Gasteiger partial charge in [-0.3, -0.25) is 9.59 Å². The normalized spacial score (nSPS) is 18.1. The van der Waals surface area contributed by atoms with Gasteiger partial charge in [0, 0.05) is 58.2 Å². The van der Waals surface area contributed by atoms with Crippen LogP contribution in [0.2, 0.25) is 0 Å². The highest BCUT2D eigenvalue weighted by Gasteiger charge is 2.35. The summed E-state index contributed by atoms with van der Waals surface area (Å²) in [6.07, 6.45) is 1.90. The Morgan fingerprint density at radius 1 is 1.08 bits per heavy atom. The molecule has 0 radical (unpaired) electrons. The molecule has 186 valence electrons. The van der Waals surface area contributed by atoms with Gasteiger partial charge in [0.15, 0.2) is 0 Å². The summed E-state index contributed by atoms with van der Waals surface area (Å²) in [6.45, 7) is 10.6. The van der Waals surface area contributed by atoms with Crippen molar-refractivity contribution in [1.82, 2.24) is 14.8 Å². The zero-order valence-corrected chi connectivity index (χ0v) is 22.5. The first-order chi connectivity index (χ1) is 17.4. The quantitative estimate of drug-likeness (QED) is 0.366. The lowest BCUT2D eigenvalue weighted by Gasteiger charge is -2.33. The van der Waals surface area contributed by atoms with E-state index >= 15 is 0 Å². The number of hydrogen-bond donors (Lipinski definition) is 2. The van der Waals surface area contributed by atoms with Crippen molar-refractivity contribution in [1.29, 1.82) is 0 Å². The Kier molecular flexibility index (Phi) is 6.86. The fraction of sp³-hybridized carbons (Fsp3) is 0.310. The number of hydrogen-bond acceptors (Lipinski definition) is 3. The highest BCUT2D eigenvalue weighted by molar-refractivity contribution is 9.10. The van der Waals surface area contributed by atoms with Gasteiger partial charge in [-0.1, -0.05) is 67.0 Å². The maximum Gasteiger partial charge on any atom is 0.256 e. The standard InChI is InChI=1S/C29H31BrN4O2/c1-4-33(5-2)13-14-34-17-18(3)27-26(29(34)36)25(19-9-7-6-8-10-19)24(31-27)16-22-21-15-20(30)11-12-23(21)32-28(22)35/h6-12,15-16,18,31H,4-5,13-14,17H2,1-3H3,(H,32,35)/b22-16-. The SMILES string of the molecule is CCN(CC)CCN1CC(C)c2[nH]c(/C=C3\C(=O)Nc4ccc(Br)cc43)c(-c3ccccc3)c2C1=O. The van der Waals surface area contributed by atoms with Gasteiger partial charge in [0.05, 0.1) is 11.1 Å². The molecule has 7 heteroatoms. The molecule has 2 aromatic carbocycles. The lowest BCUT2D eigenvalue weighted by Crippen LogP contribution is -2.43. The van der Waals surface area contributed by atoms with Crippen molar-refractivity contribution in [2.24, 2.45) is 0 Å². The number of aromatic amines is 1. The monoisotopic (exact) mass is 546 g/mol. The number of benzene rings is 2. The van der Waals surface area contributed by atoms with E-state index in [4.69, 9.17) is 0 Å². The molecule has 1 aromatic heterocycles. The van der Waals surface area contributed by atoms with E-state index in [1.807, 2.05) is 59.5 Å². The first-order valence-electron chi connectivity index (χ1n) is 12.6. The van der Waals surface area contributed by atoms with Crippen molar-refractivity contribution in [3.05, 3.63) is 75.5 Å². The Labute approximate surface area is 220 Å². The molecule has 0 spiro atoms. The van der Waals surface area contributed by atoms with Gasteiger partial charge in [-0.15, -0.1) is 0 Å². The Morgan fingerprint density at radius 2 is 1.83 bits per heavy atom. The molecular formula is C29H31BrN4O2. The van der Waals surface area contributed by atoms with E-state index in [0.717, 1.165) is 63.4 Å². The molecule has 2 aliphatic rings. The fourth-order valence-corrected chi connectivity index (χ4v) is 5.61. The minimum Gasteiger partial charge on any atom is -0.357 e. The largest absolute Gasteiger partial charge is 0.357 e. The summed E-state index contributed by atoms with van der Waals surface area (Å²) >= 11 is 3.53. The van der Waals surface area contributed by atoms with Crippen LogP contribution in [0.25, 0.3) is 22.8 Å². The number of H-pyrrole nitrogens is 1. The number of carbonyl (C=O) groups is 2. The lowest BCUT2D eigenvalue weighted by atomic mass is 9.91. The Hall–Kier alpha value is -3.16. The number of halogens is 1. The molecule has 2 amide bonds. The highest BCUT2D eigenvalue weighted by Crippen LogP contribution is 2.41. The minimum absolute atomic E-state index is 0.0500. The second-order valence-electron chi connectivity index (χ2n) is 9.45. The molecular weight excluding hydrogens is 516 g/mol. The molecule has 2 aliphatic heterocycles. The maximum atomic E-state index is 13.9. The Morgan fingerprint density at radius 3 is 2.56 bits per heavy atom. The molecule has 0 aliphatic carbocycles. The molecule has 1 atom stereocenters. The number of rotatable bonds is 7. The molecule has 0 fully saturated rings. The molecule has 6 nitrogen and oxygen atoms in total. The van der Waals surface area contributed by atoms with E-state index in [1.54, 1.807) is 0 Å². The lowest BCUT2D eigenvalue weighted by molar-refractivity contribution is -0.110. The highest BCUT2D eigenvalue weighted by atomic mass is 79.9. The molecule has 36 heavy (non-hydrogen) atoms. The van der Waals surface area contributed by atoms with Crippen molar-refractivity contribution in [2.45, 2.75) is 26.7 Å². The fourth-order valence-electron chi connectivity index (χ4n) is 5.25. The summed E-state index contributed by atoms with van der Waals surface area (Å²) in [5.74, 6) is 0.0618. The second-order valence-corrected chi connectivity index (χ2v) is 10.4. The van der Waals surface area contributed by atoms with Crippen LogP contribution < -0.4 is 5.32 Å².